The molecule has 0 aliphatic carbocycles. The lowest BCUT2D eigenvalue weighted by Gasteiger charge is -2.07. The van der Waals surface area contributed by atoms with Crippen LogP contribution in [0.25, 0.3) is 0 Å². The summed E-state index contributed by atoms with van der Waals surface area (Å²) in [6.45, 7) is 2.17. The molecule has 2 aromatic heterocycles. The van der Waals surface area contributed by atoms with Crippen molar-refractivity contribution >= 4 is 11.9 Å². The molecule has 1 atom stereocenters. The third-order valence-corrected chi connectivity index (χ3v) is 2.66. The number of aryl methyl sites for hydroxylation is 1. The van der Waals surface area contributed by atoms with Crippen LogP contribution in [0.1, 0.15) is 17.1 Å². The maximum absolute atomic E-state index is 10.7. The monoisotopic (exact) mass is 289 g/mol. The van der Waals surface area contributed by atoms with Gasteiger partial charge < -0.3 is 16.2 Å². The molecular formula is C12H15N7O2. The Morgan fingerprint density at radius 1 is 1.33 bits per heavy atom. The van der Waals surface area contributed by atoms with Crippen LogP contribution < -0.4 is 11.1 Å². The molecule has 9 heteroatoms. The molecule has 0 aromatic carbocycles. The maximum atomic E-state index is 10.7. The summed E-state index contributed by atoms with van der Waals surface area (Å²) in [5.41, 5.74) is 6.97. The largest absolute Gasteiger partial charge is 0.480 e. The van der Waals surface area contributed by atoms with Crippen molar-refractivity contribution in [2.45, 2.75) is 25.9 Å². The minimum Gasteiger partial charge on any atom is -0.480 e. The lowest BCUT2D eigenvalue weighted by molar-refractivity contribution is -0.138. The Kier molecular flexibility index (Phi) is 4.67. The van der Waals surface area contributed by atoms with E-state index in [1.807, 2.05) is 6.07 Å². The second-order valence-electron chi connectivity index (χ2n) is 4.43. The lowest BCUT2D eigenvalue weighted by Crippen LogP contribution is -2.32. The van der Waals surface area contributed by atoms with Crippen LogP contribution in [0.3, 0.4) is 0 Å². The van der Waals surface area contributed by atoms with Crippen LogP contribution >= 0.6 is 0 Å². The van der Waals surface area contributed by atoms with E-state index in [1.54, 1.807) is 19.2 Å². The number of carboxylic acids is 1. The van der Waals surface area contributed by atoms with Crippen molar-refractivity contribution in [3.63, 3.8) is 0 Å². The van der Waals surface area contributed by atoms with Crippen LogP contribution in [-0.4, -0.2) is 42.5 Å². The molecule has 9 nitrogen and oxygen atoms in total. The number of anilines is 1. The molecule has 2 heterocycles. The second-order valence-corrected chi connectivity index (χ2v) is 4.43. The van der Waals surface area contributed by atoms with Crippen molar-refractivity contribution < 1.29 is 9.90 Å². The minimum atomic E-state index is -1.04. The molecule has 2 aromatic rings. The highest BCUT2D eigenvalue weighted by Gasteiger charge is 2.12. The number of aromatic nitrogens is 5. The standard InChI is InChI=1S/C12H15N7O2/c1-7-16-18-12(19-17-7)15-6-8-2-3-9(14-5-8)4-10(13)11(20)21/h2-3,5,10H,4,6,13H2,1H3,(H,20,21)(H,15,18,19)/t10-/m0/s1. The average molecular weight is 289 g/mol. The Balaban J connectivity index is 1.90. The molecule has 0 aliphatic rings. The molecule has 4 N–H and O–H groups in total. The number of nitrogens with zero attached hydrogens (tertiary/aromatic N) is 5. The van der Waals surface area contributed by atoms with Crippen molar-refractivity contribution in [2.24, 2.45) is 5.73 Å². The number of hydrogen-bond acceptors (Lipinski definition) is 8. The third-order valence-electron chi connectivity index (χ3n) is 2.66. The Labute approximate surface area is 120 Å². The molecular weight excluding hydrogens is 274 g/mol. The number of aliphatic carboxylic acids is 1. The number of rotatable bonds is 6. The predicted octanol–water partition coefficient (Wildman–Crippen LogP) is -0.463. The lowest BCUT2D eigenvalue weighted by atomic mass is 10.1. The first-order valence-electron chi connectivity index (χ1n) is 6.24. The summed E-state index contributed by atoms with van der Waals surface area (Å²) in [7, 11) is 0. The van der Waals surface area contributed by atoms with Crippen LogP contribution in [0.15, 0.2) is 18.3 Å². The molecule has 110 valence electrons. The van der Waals surface area contributed by atoms with Gasteiger partial charge in [0.05, 0.1) is 0 Å². The van der Waals surface area contributed by atoms with E-state index in [2.05, 4.69) is 30.7 Å². The average Bonchev–Trinajstić information content (AvgIpc) is 2.48. The van der Waals surface area contributed by atoms with Gasteiger partial charge in [-0.05, 0) is 18.6 Å². The molecule has 21 heavy (non-hydrogen) atoms. The predicted molar refractivity (Wildman–Crippen MR) is 73.2 cm³/mol. The van der Waals surface area contributed by atoms with Gasteiger partial charge in [-0.15, -0.1) is 20.4 Å². The van der Waals surface area contributed by atoms with Gasteiger partial charge >= 0.3 is 5.97 Å². The highest BCUT2D eigenvalue weighted by Crippen LogP contribution is 2.05. The normalized spacial score (nSPS) is 11.9. The van der Waals surface area contributed by atoms with Crippen molar-refractivity contribution in [2.75, 3.05) is 5.32 Å². The van der Waals surface area contributed by atoms with Gasteiger partial charge in [0.1, 0.15) is 6.04 Å². The van der Waals surface area contributed by atoms with E-state index in [9.17, 15) is 4.79 Å². The van der Waals surface area contributed by atoms with Crippen LogP contribution in [0, 0.1) is 6.92 Å². The summed E-state index contributed by atoms with van der Waals surface area (Å²) >= 11 is 0. The van der Waals surface area contributed by atoms with Gasteiger partial charge in [-0.2, -0.15) is 0 Å². The molecule has 0 unspecified atom stereocenters. The molecule has 0 bridgehead atoms. The van der Waals surface area contributed by atoms with Gasteiger partial charge in [0.2, 0.25) is 0 Å². The SMILES string of the molecule is Cc1nnc(NCc2ccc(C[C@H](N)C(=O)O)nc2)nn1. The van der Waals surface area contributed by atoms with Crippen LogP contribution in [0.5, 0.6) is 0 Å². The molecule has 0 amide bonds. The Hall–Kier alpha value is -2.68. The summed E-state index contributed by atoms with van der Waals surface area (Å²) in [4.78, 5) is 14.8. The van der Waals surface area contributed by atoms with Gasteiger partial charge in [-0.25, -0.2) is 0 Å². The summed E-state index contributed by atoms with van der Waals surface area (Å²) in [6.07, 6.45) is 1.84. The third kappa shape index (κ3) is 4.42. The molecule has 0 aliphatic heterocycles. The molecule has 0 fully saturated rings. The zero-order valence-electron chi connectivity index (χ0n) is 11.4. The van der Waals surface area contributed by atoms with E-state index in [0.29, 0.717) is 24.0 Å². The van der Waals surface area contributed by atoms with E-state index in [1.165, 1.54) is 0 Å². The van der Waals surface area contributed by atoms with Crippen molar-refractivity contribution in [1.29, 1.82) is 0 Å². The summed E-state index contributed by atoms with van der Waals surface area (Å²) in [6, 6.07) is 2.63. The number of carbonyl (C=O) groups is 1. The fourth-order valence-electron chi connectivity index (χ4n) is 1.52. The van der Waals surface area contributed by atoms with E-state index in [4.69, 9.17) is 10.8 Å². The molecule has 0 radical (unpaired) electrons. The summed E-state index contributed by atoms with van der Waals surface area (Å²) < 4.78 is 0. The molecule has 0 saturated carbocycles. The summed E-state index contributed by atoms with van der Waals surface area (Å²) in [5.74, 6) is -0.210. The fraction of sp³-hybridized carbons (Fsp3) is 0.333. The van der Waals surface area contributed by atoms with Crippen LogP contribution in [0.4, 0.5) is 5.95 Å². The van der Waals surface area contributed by atoms with Crippen LogP contribution in [0.2, 0.25) is 0 Å². The maximum Gasteiger partial charge on any atom is 0.320 e. The van der Waals surface area contributed by atoms with Gasteiger partial charge in [0.15, 0.2) is 5.82 Å². The topological polar surface area (TPSA) is 140 Å². The minimum absolute atomic E-state index is 0.192. The first-order valence-corrected chi connectivity index (χ1v) is 6.24. The van der Waals surface area contributed by atoms with Crippen molar-refractivity contribution in [3.05, 3.63) is 35.4 Å². The number of hydrogen-bond donors (Lipinski definition) is 3. The number of nitrogens with one attached hydrogen (secondary N) is 1. The fourth-order valence-corrected chi connectivity index (χ4v) is 1.52. The summed E-state index contributed by atoms with van der Waals surface area (Å²) in [5, 5.41) is 26.9. The van der Waals surface area contributed by atoms with Gasteiger partial charge in [0, 0.05) is 24.9 Å². The highest BCUT2D eigenvalue weighted by atomic mass is 16.4. The number of nitrogens with two attached hydrogens (primary N) is 1. The van der Waals surface area contributed by atoms with Gasteiger partial charge in [-0.1, -0.05) is 6.07 Å². The Morgan fingerprint density at radius 3 is 2.62 bits per heavy atom. The second kappa shape index (κ2) is 6.66. The van der Waals surface area contributed by atoms with Crippen LogP contribution in [-0.2, 0) is 17.8 Å². The van der Waals surface area contributed by atoms with E-state index in [-0.39, 0.29) is 6.42 Å². The highest BCUT2D eigenvalue weighted by molar-refractivity contribution is 5.73. The first-order chi connectivity index (χ1) is 10.0. The molecule has 0 saturated heterocycles. The van der Waals surface area contributed by atoms with Gasteiger partial charge in [-0.3, -0.25) is 9.78 Å². The Bertz CT molecular complexity index is 600. The number of pyridine rings is 1. The first kappa shape index (κ1) is 14.7. The quantitative estimate of drug-likeness (QED) is 0.644. The molecule has 0 spiro atoms. The molecule has 2 rings (SSSR count). The van der Waals surface area contributed by atoms with E-state index >= 15 is 0 Å². The Morgan fingerprint density at radius 2 is 2.05 bits per heavy atom. The smallest absolute Gasteiger partial charge is 0.320 e. The van der Waals surface area contributed by atoms with Gasteiger partial charge in [0.25, 0.3) is 5.95 Å². The van der Waals surface area contributed by atoms with Crippen molar-refractivity contribution in [3.8, 4) is 0 Å². The van der Waals surface area contributed by atoms with Crippen molar-refractivity contribution in [1.82, 2.24) is 25.4 Å². The zero-order valence-corrected chi connectivity index (χ0v) is 11.4. The van der Waals surface area contributed by atoms with E-state index in [0.717, 1.165) is 5.56 Å². The zero-order chi connectivity index (χ0) is 15.2. The van der Waals surface area contributed by atoms with E-state index < -0.39 is 12.0 Å². The number of carboxylic acid groups (broad SMARTS) is 1.